The second kappa shape index (κ2) is 2.38. The Morgan fingerprint density at radius 2 is 2.27 bits per heavy atom. The van der Waals surface area contributed by atoms with Crippen molar-refractivity contribution in [1.82, 2.24) is 4.57 Å². The summed E-state index contributed by atoms with van der Waals surface area (Å²) in [4.78, 5) is 11.2. The van der Waals surface area contributed by atoms with Crippen LogP contribution in [0, 0.1) is 0 Å². The first kappa shape index (κ1) is 6.92. The zero-order valence-corrected chi connectivity index (χ0v) is 6.77. The highest BCUT2D eigenvalue weighted by atomic mass is 35.5. The van der Waals surface area contributed by atoms with Gasteiger partial charge in [0.05, 0.1) is 0 Å². The molecule has 0 N–H and O–H groups in total. The third-order valence-corrected chi connectivity index (χ3v) is 2.21. The summed E-state index contributed by atoms with van der Waals surface area (Å²) in [5, 5.41) is 0.558. The van der Waals surface area contributed by atoms with Gasteiger partial charge in [0.2, 0.25) is 0 Å². The zero-order chi connectivity index (χ0) is 7.84. The minimum atomic E-state index is 0.0324. The first-order valence-corrected chi connectivity index (χ1v) is 4.04. The van der Waals surface area contributed by atoms with Crippen LogP contribution in [0.5, 0.6) is 0 Å². The first-order chi connectivity index (χ1) is 5.27. The molecular weight excluding hydrogens is 162 g/mol. The Morgan fingerprint density at radius 1 is 1.45 bits per heavy atom. The summed E-state index contributed by atoms with van der Waals surface area (Å²) in [6.07, 6.45) is 2.05. The summed E-state index contributed by atoms with van der Waals surface area (Å²) in [7, 11) is 0. The predicted octanol–water partition coefficient (Wildman–Crippen LogP) is 1.45. The number of aryl methyl sites for hydroxylation is 1. The minimum Gasteiger partial charge on any atom is -0.313 e. The molecule has 58 valence electrons. The maximum Gasteiger partial charge on any atom is 0.252 e. The number of rotatable bonds is 0. The van der Waals surface area contributed by atoms with E-state index in [4.69, 9.17) is 11.6 Å². The fourth-order valence-corrected chi connectivity index (χ4v) is 1.71. The number of halogens is 1. The third kappa shape index (κ3) is 1.07. The van der Waals surface area contributed by atoms with E-state index in [2.05, 4.69) is 0 Å². The van der Waals surface area contributed by atoms with E-state index in [0.717, 1.165) is 25.1 Å². The maximum atomic E-state index is 11.2. The van der Waals surface area contributed by atoms with Gasteiger partial charge in [-0.3, -0.25) is 4.79 Å². The molecule has 0 spiro atoms. The normalized spacial score (nSPS) is 15.0. The van der Waals surface area contributed by atoms with Gasteiger partial charge in [-0.2, -0.15) is 0 Å². The standard InChI is InChI=1S/C8H8ClNO/c9-6-4-7-2-1-3-10(7)8(11)5-6/h4-5H,1-3H2. The number of fused-ring (bicyclic) bond motifs is 1. The Bertz CT molecular complexity index is 342. The molecule has 3 heteroatoms. The second-order valence-corrected chi connectivity index (χ2v) is 3.19. The SMILES string of the molecule is O=c1cc(Cl)cc2n1CCC2. The van der Waals surface area contributed by atoms with Gasteiger partial charge in [-0.1, -0.05) is 11.6 Å². The molecule has 2 nitrogen and oxygen atoms in total. The number of pyridine rings is 1. The quantitative estimate of drug-likeness (QED) is 0.576. The van der Waals surface area contributed by atoms with Gasteiger partial charge in [0, 0.05) is 23.3 Å². The highest BCUT2D eigenvalue weighted by Gasteiger charge is 2.11. The molecule has 0 bridgehead atoms. The zero-order valence-electron chi connectivity index (χ0n) is 6.01. The van der Waals surface area contributed by atoms with Crippen molar-refractivity contribution in [3.63, 3.8) is 0 Å². The smallest absolute Gasteiger partial charge is 0.252 e. The molecular formula is C8H8ClNO. The van der Waals surface area contributed by atoms with E-state index in [1.165, 1.54) is 6.07 Å². The fraction of sp³-hybridized carbons (Fsp3) is 0.375. The van der Waals surface area contributed by atoms with Crippen LogP contribution in [-0.4, -0.2) is 4.57 Å². The predicted molar refractivity (Wildman–Crippen MR) is 44.0 cm³/mol. The third-order valence-electron chi connectivity index (χ3n) is 1.99. The molecule has 0 aromatic carbocycles. The molecule has 0 fully saturated rings. The van der Waals surface area contributed by atoms with Crippen LogP contribution >= 0.6 is 11.6 Å². The van der Waals surface area contributed by atoms with Crippen LogP contribution in [0.1, 0.15) is 12.1 Å². The Balaban J connectivity index is 2.70. The van der Waals surface area contributed by atoms with E-state index < -0.39 is 0 Å². The molecule has 0 amide bonds. The summed E-state index contributed by atoms with van der Waals surface area (Å²) >= 11 is 5.72. The fourth-order valence-electron chi connectivity index (χ4n) is 1.50. The van der Waals surface area contributed by atoms with Gasteiger partial charge in [0.1, 0.15) is 0 Å². The summed E-state index contributed by atoms with van der Waals surface area (Å²) in [5.74, 6) is 0. The molecule has 2 rings (SSSR count). The largest absolute Gasteiger partial charge is 0.313 e. The van der Waals surface area contributed by atoms with Crippen LogP contribution in [-0.2, 0) is 13.0 Å². The maximum absolute atomic E-state index is 11.2. The highest BCUT2D eigenvalue weighted by molar-refractivity contribution is 6.30. The van der Waals surface area contributed by atoms with Gasteiger partial charge in [-0.05, 0) is 18.9 Å². The average molecular weight is 170 g/mol. The Morgan fingerprint density at radius 3 is 3.09 bits per heavy atom. The molecule has 0 unspecified atom stereocenters. The first-order valence-electron chi connectivity index (χ1n) is 3.66. The van der Waals surface area contributed by atoms with E-state index in [1.54, 1.807) is 4.57 Å². The number of nitrogens with zero attached hydrogens (tertiary/aromatic N) is 1. The van der Waals surface area contributed by atoms with Crippen molar-refractivity contribution in [2.24, 2.45) is 0 Å². The van der Waals surface area contributed by atoms with Gasteiger partial charge in [0.15, 0.2) is 0 Å². The lowest BCUT2D eigenvalue weighted by atomic mass is 10.3. The molecule has 0 saturated heterocycles. The molecule has 1 aliphatic rings. The van der Waals surface area contributed by atoms with E-state index >= 15 is 0 Å². The Kier molecular flexibility index (Phi) is 1.50. The van der Waals surface area contributed by atoms with Crippen LogP contribution in [0.25, 0.3) is 0 Å². The molecule has 0 atom stereocenters. The Labute approximate surface area is 69.4 Å². The molecule has 0 radical (unpaired) electrons. The van der Waals surface area contributed by atoms with E-state index in [1.807, 2.05) is 6.07 Å². The molecule has 0 saturated carbocycles. The summed E-state index contributed by atoms with van der Waals surface area (Å²) in [6.45, 7) is 0.853. The van der Waals surface area contributed by atoms with E-state index in [9.17, 15) is 4.79 Å². The Hall–Kier alpha value is -0.760. The van der Waals surface area contributed by atoms with Crippen LogP contribution in [0.4, 0.5) is 0 Å². The summed E-state index contributed by atoms with van der Waals surface area (Å²) in [6, 6.07) is 3.34. The number of hydrogen-bond donors (Lipinski definition) is 0. The number of aromatic nitrogens is 1. The van der Waals surface area contributed by atoms with Gasteiger partial charge in [-0.25, -0.2) is 0 Å². The number of hydrogen-bond acceptors (Lipinski definition) is 1. The van der Waals surface area contributed by atoms with Gasteiger partial charge < -0.3 is 4.57 Å². The summed E-state index contributed by atoms with van der Waals surface area (Å²) < 4.78 is 1.78. The van der Waals surface area contributed by atoms with Crippen molar-refractivity contribution < 1.29 is 0 Å². The van der Waals surface area contributed by atoms with E-state index in [0.29, 0.717) is 5.02 Å². The summed E-state index contributed by atoms with van der Waals surface area (Å²) in [5.41, 5.74) is 1.10. The van der Waals surface area contributed by atoms with Gasteiger partial charge in [0.25, 0.3) is 5.56 Å². The van der Waals surface area contributed by atoms with Crippen molar-refractivity contribution in [2.45, 2.75) is 19.4 Å². The molecule has 0 aliphatic carbocycles. The van der Waals surface area contributed by atoms with Crippen LogP contribution in [0.3, 0.4) is 0 Å². The van der Waals surface area contributed by atoms with Crippen LogP contribution < -0.4 is 5.56 Å². The minimum absolute atomic E-state index is 0.0324. The van der Waals surface area contributed by atoms with Crippen molar-refractivity contribution in [2.75, 3.05) is 0 Å². The van der Waals surface area contributed by atoms with Crippen molar-refractivity contribution in [3.05, 3.63) is 33.2 Å². The monoisotopic (exact) mass is 169 g/mol. The molecule has 1 aromatic heterocycles. The average Bonchev–Trinajstić information content (AvgIpc) is 2.34. The van der Waals surface area contributed by atoms with Crippen molar-refractivity contribution in [3.8, 4) is 0 Å². The lowest BCUT2D eigenvalue weighted by molar-refractivity contribution is 0.721. The molecule has 11 heavy (non-hydrogen) atoms. The van der Waals surface area contributed by atoms with Gasteiger partial charge >= 0.3 is 0 Å². The lowest BCUT2D eigenvalue weighted by Gasteiger charge is -2.00. The highest BCUT2D eigenvalue weighted by Crippen LogP contribution is 2.15. The topological polar surface area (TPSA) is 22.0 Å². The lowest BCUT2D eigenvalue weighted by Crippen LogP contribution is -2.17. The molecule has 1 aliphatic heterocycles. The van der Waals surface area contributed by atoms with Crippen molar-refractivity contribution in [1.29, 1.82) is 0 Å². The van der Waals surface area contributed by atoms with Crippen molar-refractivity contribution >= 4 is 11.6 Å². The molecule has 2 heterocycles. The van der Waals surface area contributed by atoms with E-state index in [-0.39, 0.29) is 5.56 Å². The van der Waals surface area contributed by atoms with Crippen LogP contribution in [0.15, 0.2) is 16.9 Å². The molecule has 1 aromatic rings. The van der Waals surface area contributed by atoms with Gasteiger partial charge in [-0.15, -0.1) is 0 Å². The van der Waals surface area contributed by atoms with Crippen LogP contribution in [0.2, 0.25) is 5.02 Å². The second-order valence-electron chi connectivity index (χ2n) is 2.76.